The molecule has 0 unspecified atom stereocenters. The van der Waals surface area contributed by atoms with E-state index in [9.17, 15) is 0 Å². The van der Waals surface area contributed by atoms with Crippen LogP contribution in [0.15, 0.2) is 54.7 Å². The number of ether oxygens (including phenoxy) is 2. The summed E-state index contributed by atoms with van der Waals surface area (Å²) in [5.41, 5.74) is 2.98. The van der Waals surface area contributed by atoms with Crippen molar-refractivity contribution in [1.82, 2.24) is 9.97 Å². The van der Waals surface area contributed by atoms with E-state index < -0.39 is 0 Å². The van der Waals surface area contributed by atoms with Gasteiger partial charge in [0.2, 0.25) is 11.8 Å². The number of anilines is 1. The number of aromatic nitrogens is 2. The number of benzene rings is 2. The molecular formula is C27H33N3O2. The Balaban J connectivity index is 1.62. The van der Waals surface area contributed by atoms with Crippen molar-refractivity contribution in [2.24, 2.45) is 5.92 Å². The van der Waals surface area contributed by atoms with Crippen LogP contribution in [0.1, 0.15) is 52.0 Å². The highest BCUT2D eigenvalue weighted by molar-refractivity contribution is 5.69. The van der Waals surface area contributed by atoms with Crippen molar-refractivity contribution in [3.63, 3.8) is 0 Å². The van der Waals surface area contributed by atoms with Gasteiger partial charge in [0.15, 0.2) is 0 Å². The first-order chi connectivity index (χ1) is 15.5. The molecule has 2 aromatic carbocycles. The third-order valence-electron chi connectivity index (χ3n) is 5.84. The maximum Gasteiger partial charge on any atom is 0.231 e. The van der Waals surface area contributed by atoms with Crippen molar-refractivity contribution in [2.45, 2.75) is 65.5 Å². The normalized spacial score (nSPS) is 18.4. The molecule has 3 aromatic rings. The molecule has 1 heterocycles. The lowest BCUT2D eigenvalue weighted by Gasteiger charge is -2.27. The van der Waals surface area contributed by atoms with Crippen LogP contribution in [0.5, 0.6) is 17.4 Å². The molecule has 5 heteroatoms. The Morgan fingerprint density at radius 2 is 1.72 bits per heavy atom. The first-order valence-corrected chi connectivity index (χ1v) is 11.6. The van der Waals surface area contributed by atoms with Crippen LogP contribution in [0.4, 0.5) is 5.95 Å². The van der Waals surface area contributed by atoms with Crippen LogP contribution in [0.2, 0.25) is 0 Å². The number of aryl methyl sites for hydroxylation is 1. The zero-order chi connectivity index (χ0) is 22.5. The second kappa shape index (κ2) is 10.0. The lowest BCUT2D eigenvalue weighted by molar-refractivity contribution is 0.242. The van der Waals surface area contributed by atoms with Gasteiger partial charge in [-0.1, -0.05) is 31.2 Å². The Bertz CT molecular complexity index is 1030. The van der Waals surface area contributed by atoms with Crippen LogP contribution in [-0.2, 0) is 0 Å². The molecule has 0 atom stereocenters. The smallest absolute Gasteiger partial charge is 0.231 e. The van der Waals surface area contributed by atoms with E-state index in [-0.39, 0.29) is 6.10 Å². The lowest BCUT2D eigenvalue weighted by Crippen LogP contribution is -2.26. The molecule has 168 valence electrons. The molecule has 4 rings (SSSR count). The van der Waals surface area contributed by atoms with Gasteiger partial charge < -0.3 is 14.8 Å². The SMILES string of the molecule is Cc1cccc(Oc2nc(NC3CCC(C)CC3)ncc2-c2ccc(OC(C)C)cc2)c1. The van der Waals surface area contributed by atoms with Crippen LogP contribution in [0, 0.1) is 12.8 Å². The fraction of sp³-hybridized carbons (Fsp3) is 0.407. The monoisotopic (exact) mass is 431 g/mol. The summed E-state index contributed by atoms with van der Waals surface area (Å²) in [7, 11) is 0. The Hall–Kier alpha value is -3.08. The minimum absolute atomic E-state index is 0.137. The third-order valence-corrected chi connectivity index (χ3v) is 5.84. The second-order valence-corrected chi connectivity index (χ2v) is 9.12. The molecule has 1 fully saturated rings. The summed E-state index contributed by atoms with van der Waals surface area (Å²) < 4.78 is 12.0. The van der Waals surface area contributed by atoms with Crippen LogP contribution < -0.4 is 14.8 Å². The van der Waals surface area contributed by atoms with Crippen molar-refractivity contribution in [2.75, 3.05) is 5.32 Å². The van der Waals surface area contributed by atoms with Gasteiger partial charge in [-0.25, -0.2) is 4.98 Å². The summed E-state index contributed by atoms with van der Waals surface area (Å²) in [6.45, 7) is 8.42. The van der Waals surface area contributed by atoms with Crippen molar-refractivity contribution in [3.05, 3.63) is 60.3 Å². The van der Waals surface area contributed by atoms with E-state index in [1.165, 1.54) is 12.8 Å². The van der Waals surface area contributed by atoms with Gasteiger partial charge in [0, 0.05) is 12.2 Å². The van der Waals surface area contributed by atoms with Gasteiger partial charge >= 0.3 is 0 Å². The molecule has 0 amide bonds. The minimum Gasteiger partial charge on any atom is -0.491 e. The molecule has 0 spiro atoms. The number of nitrogens with zero attached hydrogens (tertiary/aromatic N) is 2. The summed E-state index contributed by atoms with van der Waals surface area (Å²) in [6.07, 6.45) is 6.78. The lowest BCUT2D eigenvalue weighted by atomic mass is 9.87. The molecule has 1 saturated carbocycles. The topological polar surface area (TPSA) is 56.3 Å². The van der Waals surface area contributed by atoms with Crippen molar-refractivity contribution >= 4 is 5.95 Å². The molecule has 0 radical (unpaired) electrons. The molecule has 32 heavy (non-hydrogen) atoms. The summed E-state index contributed by atoms with van der Waals surface area (Å²) >= 11 is 0. The quantitative estimate of drug-likeness (QED) is 0.435. The first-order valence-electron chi connectivity index (χ1n) is 11.6. The number of hydrogen-bond acceptors (Lipinski definition) is 5. The summed E-state index contributed by atoms with van der Waals surface area (Å²) in [4.78, 5) is 9.41. The Morgan fingerprint density at radius 3 is 2.41 bits per heavy atom. The zero-order valence-electron chi connectivity index (χ0n) is 19.5. The highest BCUT2D eigenvalue weighted by Crippen LogP contribution is 2.34. The van der Waals surface area contributed by atoms with Crippen LogP contribution in [0.25, 0.3) is 11.1 Å². The molecule has 1 aliphatic rings. The van der Waals surface area contributed by atoms with Crippen LogP contribution >= 0.6 is 0 Å². The van der Waals surface area contributed by atoms with Crippen molar-refractivity contribution in [3.8, 4) is 28.5 Å². The van der Waals surface area contributed by atoms with Gasteiger partial charge in [-0.05, 0) is 87.8 Å². The molecule has 5 nitrogen and oxygen atoms in total. The average Bonchev–Trinajstić information content (AvgIpc) is 2.76. The van der Waals surface area contributed by atoms with E-state index in [2.05, 4.69) is 30.2 Å². The van der Waals surface area contributed by atoms with Gasteiger partial charge in [-0.15, -0.1) is 0 Å². The number of hydrogen-bond donors (Lipinski definition) is 1. The van der Waals surface area contributed by atoms with Gasteiger partial charge in [0.1, 0.15) is 11.5 Å². The summed E-state index contributed by atoms with van der Waals surface area (Å²) in [5, 5.41) is 3.53. The number of rotatable bonds is 7. The highest BCUT2D eigenvalue weighted by atomic mass is 16.5. The van der Waals surface area contributed by atoms with E-state index in [0.29, 0.717) is 17.9 Å². The Morgan fingerprint density at radius 1 is 0.969 bits per heavy atom. The molecule has 0 saturated heterocycles. The van der Waals surface area contributed by atoms with Gasteiger partial charge in [-0.3, -0.25) is 0 Å². The Labute approximate surface area is 191 Å². The van der Waals surface area contributed by atoms with E-state index in [4.69, 9.17) is 14.5 Å². The predicted molar refractivity (Wildman–Crippen MR) is 130 cm³/mol. The number of nitrogens with one attached hydrogen (secondary N) is 1. The van der Waals surface area contributed by atoms with E-state index >= 15 is 0 Å². The first kappa shape index (κ1) is 22.1. The van der Waals surface area contributed by atoms with Crippen LogP contribution in [0.3, 0.4) is 0 Å². The van der Waals surface area contributed by atoms with E-state index in [1.807, 2.05) is 62.5 Å². The van der Waals surface area contributed by atoms with Gasteiger partial charge in [0.05, 0.1) is 11.7 Å². The molecule has 0 aliphatic heterocycles. The van der Waals surface area contributed by atoms with Crippen molar-refractivity contribution < 1.29 is 9.47 Å². The van der Waals surface area contributed by atoms with Gasteiger partial charge in [0.25, 0.3) is 0 Å². The molecule has 1 aromatic heterocycles. The predicted octanol–water partition coefficient (Wildman–Crippen LogP) is 7.02. The summed E-state index contributed by atoms with van der Waals surface area (Å²) in [5.74, 6) is 3.59. The molecule has 1 aliphatic carbocycles. The Kier molecular flexibility index (Phi) is 6.93. The fourth-order valence-electron chi connectivity index (χ4n) is 4.07. The molecular weight excluding hydrogens is 398 g/mol. The van der Waals surface area contributed by atoms with E-state index in [1.54, 1.807) is 0 Å². The third kappa shape index (κ3) is 5.78. The second-order valence-electron chi connectivity index (χ2n) is 9.12. The zero-order valence-corrected chi connectivity index (χ0v) is 19.5. The largest absolute Gasteiger partial charge is 0.491 e. The summed E-state index contributed by atoms with van der Waals surface area (Å²) in [6, 6.07) is 16.4. The fourth-order valence-corrected chi connectivity index (χ4v) is 4.07. The standard InChI is InChI=1S/C27H33N3O2/c1-18(2)31-23-14-10-21(11-15-23)25-17-28-27(29-22-12-8-19(3)9-13-22)30-26(25)32-24-7-5-6-20(4)16-24/h5-7,10-11,14-19,22H,8-9,12-13H2,1-4H3,(H,28,29,30). The molecule has 0 bridgehead atoms. The van der Waals surface area contributed by atoms with Gasteiger partial charge in [-0.2, -0.15) is 4.98 Å². The average molecular weight is 432 g/mol. The minimum atomic E-state index is 0.137. The van der Waals surface area contributed by atoms with Crippen LogP contribution in [-0.4, -0.2) is 22.1 Å². The molecule has 1 N–H and O–H groups in total. The maximum absolute atomic E-state index is 6.26. The van der Waals surface area contributed by atoms with E-state index in [0.717, 1.165) is 46.9 Å². The highest BCUT2D eigenvalue weighted by Gasteiger charge is 2.20. The van der Waals surface area contributed by atoms with Crippen molar-refractivity contribution in [1.29, 1.82) is 0 Å². The maximum atomic E-state index is 6.26.